The number of rotatable bonds is 4. The first-order chi connectivity index (χ1) is 14.5. The van der Waals surface area contributed by atoms with E-state index in [1.54, 1.807) is 24.1 Å². The van der Waals surface area contributed by atoms with Gasteiger partial charge in [0.15, 0.2) is 5.76 Å². The topological polar surface area (TPSA) is 81.6 Å². The number of methoxy groups -OCH3 is 1. The van der Waals surface area contributed by atoms with Crippen molar-refractivity contribution in [3.05, 3.63) is 58.9 Å². The Balaban J connectivity index is 1.43. The second-order valence-corrected chi connectivity index (χ2v) is 7.70. The van der Waals surface area contributed by atoms with Gasteiger partial charge >= 0.3 is 0 Å². The van der Waals surface area contributed by atoms with Crippen molar-refractivity contribution in [2.75, 3.05) is 18.6 Å². The minimum Gasteiger partial charge on any atom is -0.497 e. The van der Waals surface area contributed by atoms with Gasteiger partial charge in [0.25, 0.3) is 0 Å². The van der Waals surface area contributed by atoms with Gasteiger partial charge in [0, 0.05) is 34.6 Å². The Labute approximate surface area is 177 Å². The van der Waals surface area contributed by atoms with E-state index in [-0.39, 0.29) is 11.8 Å². The molecule has 30 heavy (non-hydrogen) atoms. The highest BCUT2D eigenvalue weighted by atomic mass is 35.5. The van der Waals surface area contributed by atoms with Crippen molar-refractivity contribution >= 4 is 34.2 Å². The van der Waals surface area contributed by atoms with E-state index in [9.17, 15) is 4.79 Å². The number of nitrogens with zero attached hydrogens (tertiary/aromatic N) is 3. The van der Waals surface area contributed by atoms with Gasteiger partial charge in [-0.25, -0.2) is 0 Å². The van der Waals surface area contributed by atoms with Crippen LogP contribution < -0.4 is 9.64 Å². The Morgan fingerprint density at radius 1 is 1.23 bits per heavy atom. The Morgan fingerprint density at radius 3 is 2.90 bits per heavy atom. The molecule has 0 unspecified atom stereocenters. The minimum atomic E-state index is -0.192. The van der Waals surface area contributed by atoms with Crippen LogP contribution in [-0.2, 0) is 4.79 Å². The Morgan fingerprint density at radius 2 is 2.10 bits per heavy atom. The number of hydrogen-bond acceptors (Lipinski definition) is 6. The van der Waals surface area contributed by atoms with Gasteiger partial charge in [-0.1, -0.05) is 22.8 Å². The minimum absolute atomic E-state index is 0.00553. The molecule has 0 saturated carbocycles. The first-order valence-corrected chi connectivity index (χ1v) is 9.88. The lowest BCUT2D eigenvalue weighted by Gasteiger charge is -2.16. The molecule has 1 saturated heterocycles. The summed E-state index contributed by atoms with van der Waals surface area (Å²) in [5.41, 5.74) is 2.38. The third kappa shape index (κ3) is 3.11. The van der Waals surface area contributed by atoms with E-state index in [2.05, 4.69) is 10.1 Å². The first kappa shape index (κ1) is 18.7. The number of halogens is 1. The number of amides is 1. The molecule has 1 aliphatic heterocycles. The number of fused-ring (bicyclic) bond motifs is 1. The smallest absolute Gasteiger partial charge is 0.238 e. The second kappa shape index (κ2) is 7.18. The summed E-state index contributed by atoms with van der Waals surface area (Å²) in [5.74, 6) is 1.88. The number of ether oxygens (including phenoxy) is 1. The van der Waals surface area contributed by atoms with Crippen molar-refractivity contribution < 1.29 is 18.5 Å². The molecule has 7 nitrogen and oxygen atoms in total. The summed E-state index contributed by atoms with van der Waals surface area (Å²) in [7, 11) is 1.62. The van der Waals surface area contributed by atoms with Crippen LogP contribution in [0.15, 0.2) is 51.4 Å². The summed E-state index contributed by atoms with van der Waals surface area (Å²) < 4.78 is 16.7. The molecule has 4 aromatic rings. The van der Waals surface area contributed by atoms with Crippen molar-refractivity contribution in [1.29, 1.82) is 0 Å². The van der Waals surface area contributed by atoms with Gasteiger partial charge in [0.2, 0.25) is 17.6 Å². The average Bonchev–Trinajstić information content (AvgIpc) is 3.45. The number of benzene rings is 2. The van der Waals surface area contributed by atoms with Crippen LogP contribution in [0.25, 0.3) is 22.6 Å². The third-order valence-electron chi connectivity index (χ3n) is 5.38. The Hall–Kier alpha value is -3.32. The lowest BCUT2D eigenvalue weighted by atomic mass is 10.1. The molecule has 152 valence electrons. The normalized spacial score (nSPS) is 16.6. The van der Waals surface area contributed by atoms with Gasteiger partial charge in [-0.2, -0.15) is 4.98 Å². The highest BCUT2D eigenvalue weighted by Gasteiger charge is 2.35. The molecule has 1 fully saturated rings. The van der Waals surface area contributed by atoms with E-state index in [1.165, 1.54) is 0 Å². The van der Waals surface area contributed by atoms with E-state index in [0.29, 0.717) is 35.5 Å². The zero-order valence-corrected chi connectivity index (χ0v) is 17.1. The first-order valence-electron chi connectivity index (χ1n) is 9.50. The Bertz CT molecular complexity index is 1260. The van der Waals surface area contributed by atoms with Crippen molar-refractivity contribution in [2.45, 2.75) is 19.3 Å². The predicted octanol–water partition coefficient (Wildman–Crippen LogP) is 4.97. The zero-order valence-electron chi connectivity index (χ0n) is 16.4. The molecule has 0 N–H and O–H groups in total. The van der Waals surface area contributed by atoms with Gasteiger partial charge < -0.3 is 18.6 Å². The molecule has 3 heterocycles. The monoisotopic (exact) mass is 423 g/mol. The van der Waals surface area contributed by atoms with Crippen molar-refractivity contribution in [3.8, 4) is 17.3 Å². The fourth-order valence-electron chi connectivity index (χ4n) is 3.80. The zero-order chi connectivity index (χ0) is 20.8. The van der Waals surface area contributed by atoms with E-state index < -0.39 is 0 Å². The molecular weight excluding hydrogens is 406 g/mol. The van der Waals surface area contributed by atoms with Crippen LogP contribution in [0, 0.1) is 6.92 Å². The maximum atomic E-state index is 12.5. The summed E-state index contributed by atoms with van der Waals surface area (Å²) in [5, 5.41) is 5.62. The molecule has 0 bridgehead atoms. The summed E-state index contributed by atoms with van der Waals surface area (Å²) in [4.78, 5) is 18.8. The van der Waals surface area contributed by atoms with E-state index in [0.717, 1.165) is 28.0 Å². The molecule has 1 atom stereocenters. The lowest BCUT2D eigenvalue weighted by molar-refractivity contribution is -0.117. The number of hydrogen-bond donors (Lipinski definition) is 0. The molecule has 2 aromatic heterocycles. The molecule has 8 heteroatoms. The van der Waals surface area contributed by atoms with Crippen LogP contribution in [0.3, 0.4) is 0 Å². The van der Waals surface area contributed by atoms with Crippen LogP contribution in [0.1, 0.15) is 23.8 Å². The molecular formula is C22H18ClN3O4. The van der Waals surface area contributed by atoms with Crippen LogP contribution in [-0.4, -0.2) is 29.7 Å². The lowest BCUT2D eigenvalue weighted by Crippen LogP contribution is -2.24. The standard InChI is InChI=1S/C22H18ClN3O4/c1-12-17-10-16(28-2)6-7-18(17)29-20(12)21-24-22(30-25-21)13-8-19(27)26(11-13)15-5-3-4-14(23)9-15/h3-7,9-10,13H,8,11H2,1-2H3/t13-/m0/s1. The number of furan rings is 1. The van der Waals surface area contributed by atoms with Gasteiger partial charge in [-0.05, 0) is 43.3 Å². The van der Waals surface area contributed by atoms with Crippen LogP contribution >= 0.6 is 11.6 Å². The largest absolute Gasteiger partial charge is 0.497 e. The number of carbonyl (C=O) groups is 1. The number of aromatic nitrogens is 2. The summed E-state index contributed by atoms with van der Waals surface area (Å²) in [6.07, 6.45) is 0.296. The highest BCUT2D eigenvalue weighted by Crippen LogP contribution is 2.36. The maximum Gasteiger partial charge on any atom is 0.238 e. The molecule has 0 radical (unpaired) electrons. The molecule has 0 spiro atoms. The van der Waals surface area contributed by atoms with Crippen molar-refractivity contribution in [3.63, 3.8) is 0 Å². The third-order valence-corrected chi connectivity index (χ3v) is 5.62. The molecule has 5 rings (SSSR count). The molecule has 1 aliphatic rings. The van der Waals surface area contributed by atoms with Crippen LogP contribution in [0.4, 0.5) is 5.69 Å². The SMILES string of the molecule is COc1ccc2oc(-c3noc([C@H]4CC(=O)N(c5cccc(Cl)c5)C4)n3)c(C)c2c1. The molecule has 2 aromatic carbocycles. The number of aryl methyl sites for hydroxylation is 1. The van der Waals surface area contributed by atoms with Gasteiger partial charge in [-0.3, -0.25) is 4.79 Å². The van der Waals surface area contributed by atoms with Crippen LogP contribution in [0.5, 0.6) is 5.75 Å². The van der Waals surface area contributed by atoms with Crippen molar-refractivity contribution in [2.24, 2.45) is 0 Å². The van der Waals surface area contributed by atoms with Crippen molar-refractivity contribution in [1.82, 2.24) is 10.1 Å². The van der Waals surface area contributed by atoms with Gasteiger partial charge in [-0.15, -0.1) is 0 Å². The molecule has 1 amide bonds. The number of carbonyl (C=O) groups excluding carboxylic acids is 1. The maximum absolute atomic E-state index is 12.5. The average molecular weight is 424 g/mol. The fraction of sp³-hybridized carbons (Fsp3) is 0.227. The van der Waals surface area contributed by atoms with Crippen LogP contribution in [0.2, 0.25) is 5.02 Å². The molecule has 0 aliphatic carbocycles. The summed E-state index contributed by atoms with van der Waals surface area (Å²) >= 11 is 6.07. The highest BCUT2D eigenvalue weighted by molar-refractivity contribution is 6.30. The fourth-order valence-corrected chi connectivity index (χ4v) is 3.98. The number of anilines is 1. The van der Waals surface area contributed by atoms with E-state index >= 15 is 0 Å². The summed E-state index contributed by atoms with van der Waals surface area (Å²) in [6.45, 7) is 2.40. The van der Waals surface area contributed by atoms with Gasteiger partial charge in [0.1, 0.15) is 11.3 Å². The van der Waals surface area contributed by atoms with Gasteiger partial charge in [0.05, 0.1) is 13.0 Å². The summed E-state index contributed by atoms with van der Waals surface area (Å²) in [6, 6.07) is 12.8. The Kier molecular flexibility index (Phi) is 4.47. The quantitative estimate of drug-likeness (QED) is 0.460. The second-order valence-electron chi connectivity index (χ2n) is 7.26. The van der Waals surface area contributed by atoms with E-state index in [4.69, 9.17) is 25.3 Å². The predicted molar refractivity (Wildman–Crippen MR) is 112 cm³/mol. The van der Waals surface area contributed by atoms with E-state index in [1.807, 2.05) is 37.3 Å².